The second-order valence-electron chi connectivity index (χ2n) is 6.85. The third kappa shape index (κ3) is 11.0. The fraction of sp³-hybridized carbons (Fsp3) is 0.500. The van der Waals surface area contributed by atoms with Gasteiger partial charge in [-0.2, -0.15) is 0 Å². The Kier molecular flexibility index (Phi) is 11.6. The SMILES string of the molecule is NC(=O)NCCC[C@H](NC(=O)CCCCCC(=O)O)C(=O)Nc1ccc(CO)cc1. The second kappa shape index (κ2) is 13.9. The van der Waals surface area contributed by atoms with E-state index >= 15 is 0 Å². The Bertz CT molecular complexity index is 708. The van der Waals surface area contributed by atoms with E-state index in [1.165, 1.54) is 0 Å². The van der Waals surface area contributed by atoms with Crippen molar-refractivity contribution in [2.24, 2.45) is 5.73 Å². The Hall–Kier alpha value is -3.14. The standard InChI is InChI=1S/C20H30N4O6/c21-20(30)22-12-4-5-16(24-17(26)6-2-1-3-7-18(27)28)19(29)23-15-10-8-14(13-25)9-11-15/h8-11,16,25H,1-7,12-13H2,(H,23,29)(H,24,26)(H,27,28)(H3,21,22,30)/t16-/m0/s1. The molecule has 1 rings (SSSR count). The molecule has 0 aromatic heterocycles. The van der Waals surface area contributed by atoms with E-state index in [0.717, 1.165) is 0 Å². The lowest BCUT2D eigenvalue weighted by Gasteiger charge is -2.19. The van der Waals surface area contributed by atoms with Crippen LogP contribution in [0.4, 0.5) is 10.5 Å². The first-order chi connectivity index (χ1) is 14.3. The van der Waals surface area contributed by atoms with E-state index in [0.29, 0.717) is 43.4 Å². The van der Waals surface area contributed by atoms with Crippen LogP contribution in [0.15, 0.2) is 24.3 Å². The Balaban J connectivity index is 2.58. The van der Waals surface area contributed by atoms with Gasteiger partial charge in [0.25, 0.3) is 0 Å². The molecule has 0 aliphatic rings. The number of aliphatic carboxylic acids is 1. The topological polar surface area (TPSA) is 171 Å². The highest BCUT2D eigenvalue weighted by Gasteiger charge is 2.20. The third-order valence-electron chi connectivity index (χ3n) is 4.32. The number of primary amides is 1. The minimum Gasteiger partial charge on any atom is -0.481 e. The van der Waals surface area contributed by atoms with Crippen molar-refractivity contribution < 1.29 is 29.4 Å². The van der Waals surface area contributed by atoms with E-state index in [2.05, 4.69) is 16.0 Å². The van der Waals surface area contributed by atoms with Crippen LogP contribution in [0.1, 0.15) is 50.5 Å². The number of rotatable bonds is 14. The normalized spacial score (nSPS) is 11.4. The number of carbonyl (C=O) groups excluding carboxylic acids is 3. The summed E-state index contributed by atoms with van der Waals surface area (Å²) >= 11 is 0. The van der Waals surface area contributed by atoms with Gasteiger partial charge in [-0.1, -0.05) is 18.6 Å². The number of carboxylic acid groups (broad SMARTS) is 1. The smallest absolute Gasteiger partial charge is 0.312 e. The Morgan fingerprint density at radius 2 is 1.63 bits per heavy atom. The maximum atomic E-state index is 12.6. The van der Waals surface area contributed by atoms with Gasteiger partial charge in [-0.15, -0.1) is 0 Å². The molecule has 0 aliphatic heterocycles. The maximum Gasteiger partial charge on any atom is 0.312 e. The highest BCUT2D eigenvalue weighted by Crippen LogP contribution is 2.11. The summed E-state index contributed by atoms with van der Waals surface area (Å²) in [6, 6.07) is 5.20. The predicted octanol–water partition coefficient (Wildman–Crippen LogP) is 1.09. The third-order valence-corrected chi connectivity index (χ3v) is 4.32. The van der Waals surface area contributed by atoms with E-state index in [1.807, 2.05) is 0 Å². The molecule has 0 saturated heterocycles. The Morgan fingerprint density at radius 3 is 2.23 bits per heavy atom. The average Bonchev–Trinajstić information content (AvgIpc) is 2.70. The molecular weight excluding hydrogens is 392 g/mol. The number of benzene rings is 1. The van der Waals surface area contributed by atoms with Crippen LogP contribution in [-0.2, 0) is 21.0 Å². The van der Waals surface area contributed by atoms with Gasteiger partial charge in [0.05, 0.1) is 6.61 Å². The van der Waals surface area contributed by atoms with Crippen LogP contribution < -0.4 is 21.7 Å². The number of amides is 4. The first-order valence-electron chi connectivity index (χ1n) is 9.87. The average molecular weight is 422 g/mol. The zero-order chi connectivity index (χ0) is 22.4. The molecule has 10 nitrogen and oxygen atoms in total. The summed E-state index contributed by atoms with van der Waals surface area (Å²) < 4.78 is 0. The van der Waals surface area contributed by atoms with E-state index in [9.17, 15) is 19.2 Å². The van der Waals surface area contributed by atoms with E-state index < -0.39 is 23.9 Å². The number of carboxylic acids is 1. The molecule has 0 spiro atoms. The van der Waals surface area contributed by atoms with Crippen molar-refractivity contribution in [1.29, 1.82) is 0 Å². The van der Waals surface area contributed by atoms with Crippen molar-refractivity contribution >= 4 is 29.5 Å². The van der Waals surface area contributed by atoms with Crippen LogP contribution in [0.2, 0.25) is 0 Å². The fourth-order valence-electron chi connectivity index (χ4n) is 2.71. The van der Waals surface area contributed by atoms with Crippen LogP contribution in [0.5, 0.6) is 0 Å². The molecule has 0 radical (unpaired) electrons. The van der Waals surface area contributed by atoms with Gasteiger partial charge < -0.3 is 31.9 Å². The van der Waals surface area contributed by atoms with Crippen molar-refractivity contribution in [2.45, 2.75) is 57.6 Å². The molecule has 30 heavy (non-hydrogen) atoms. The summed E-state index contributed by atoms with van der Waals surface area (Å²) in [5.41, 5.74) is 6.26. The molecule has 1 aromatic carbocycles. The summed E-state index contributed by atoms with van der Waals surface area (Å²) in [4.78, 5) is 46.1. The molecule has 7 N–H and O–H groups in total. The monoisotopic (exact) mass is 422 g/mol. The quantitative estimate of drug-likeness (QED) is 0.245. The first-order valence-corrected chi connectivity index (χ1v) is 9.87. The molecule has 0 bridgehead atoms. The number of hydrogen-bond acceptors (Lipinski definition) is 5. The summed E-state index contributed by atoms with van der Waals surface area (Å²) in [6.07, 6.45) is 2.61. The lowest BCUT2D eigenvalue weighted by molar-refractivity contribution is -0.137. The highest BCUT2D eigenvalue weighted by molar-refractivity contribution is 5.97. The highest BCUT2D eigenvalue weighted by atomic mass is 16.4. The van der Waals surface area contributed by atoms with Gasteiger partial charge in [0.15, 0.2) is 0 Å². The number of anilines is 1. The molecule has 0 fully saturated rings. The summed E-state index contributed by atoms with van der Waals surface area (Å²) in [5.74, 6) is -1.57. The van der Waals surface area contributed by atoms with E-state index in [4.69, 9.17) is 15.9 Å². The molecule has 1 atom stereocenters. The predicted molar refractivity (Wildman–Crippen MR) is 110 cm³/mol. The zero-order valence-electron chi connectivity index (χ0n) is 16.9. The summed E-state index contributed by atoms with van der Waals surface area (Å²) in [6.45, 7) is 0.168. The molecular formula is C20H30N4O6. The van der Waals surface area contributed by atoms with Gasteiger partial charge in [-0.05, 0) is 43.4 Å². The minimum atomic E-state index is -0.868. The van der Waals surface area contributed by atoms with Crippen molar-refractivity contribution in [3.05, 3.63) is 29.8 Å². The molecule has 166 valence electrons. The maximum absolute atomic E-state index is 12.6. The van der Waals surface area contributed by atoms with Crippen LogP contribution in [-0.4, -0.2) is 46.6 Å². The Morgan fingerprint density at radius 1 is 0.967 bits per heavy atom. The molecule has 10 heteroatoms. The van der Waals surface area contributed by atoms with Gasteiger partial charge in [-0.3, -0.25) is 14.4 Å². The minimum absolute atomic E-state index is 0.0641. The summed E-state index contributed by atoms with van der Waals surface area (Å²) in [5, 5.41) is 25.6. The molecule has 0 aliphatic carbocycles. The number of aliphatic hydroxyl groups excluding tert-OH is 1. The van der Waals surface area contributed by atoms with E-state index in [1.54, 1.807) is 24.3 Å². The zero-order valence-corrected chi connectivity index (χ0v) is 16.9. The number of carbonyl (C=O) groups is 4. The second-order valence-corrected chi connectivity index (χ2v) is 6.85. The van der Waals surface area contributed by atoms with Crippen molar-refractivity contribution in [3.63, 3.8) is 0 Å². The molecule has 4 amide bonds. The first kappa shape index (κ1) is 24.9. The number of aliphatic hydroxyl groups is 1. The molecule has 0 heterocycles. The van der Waals surface area contributed by atoms with Crippen molar-refractivity contribution in [1.82, 2.24) is 10.6 Å². The van der Waals surface area contributed by atoms with Gasteiger partial charge in [-0.25, -0.2) is 4.79 Å². The number of urea groups is 1. The van der Waals surface area contributed by atoms with Crippen LogP contribution in [0.3, 0.4) is 0 Å². The lowest BCUT2D eigenvalue weighted by atomic mass is 10.1. The lowest BCUT2D eigenvalue weighted by Crippen LogP contribution is -2.44. The van der Waals surface area contributed by atoms with E-state index in [-0.39, 0.29) is 31.9 Å². The van der Waals surface area contributed by atoms with Gasteiger partial charge >= 0.3 is 12.0 Å². The number of nitrogens with two attached hydrogens (primary N) is 1. The number of nitrogens with one attached hydrogen (secondary N) is 3. The molecule has 1 aromatic rings. The molecule has 0 unspecified atom stereocenters. The number of unbranched alkanes of at least 4 members (excludes halogenated alkanes) is 2. The number of hydrogen-bond donors (Lipinski definition) is 6. The van der Waals surface area contributed by atoms with Crippen LogP contribution >= 0.6 is 0 Å². The van der Waals surface area contributed by atoms with Crippen molar-refractivity contribution in [3.8, 4) is 0 Å². The van der Waals surface area contributed by atoms with Gasteiger partial charge in [0, 0.05) is 25.1 Å². The van der Waals surface area contributed by atoms with Gasteiger partial charge in [0.2, 0.25) is 11.8 Å². The fourth-order valence-corrected chi connectivity index (χ4v) is 2.71. The van der Waals surface area contributed by atoms with Crippen LogP contribution in [0.25, 0.3) is 0 Å². The van der Waals surface area contributed by atoms with Crippen molar-refractivity contribution in [2.75, 3.05) is 11.9 Å². The molecule has 0 saturated carbocycles. The van der Waals surface area contributed by atoms with Crippen LogP contribution in [0, 0.1) is 0 Å². The Labute approximate surface area is 175 Å². The van der Waals surface area contributed by atoms with Gasteiger partial charge in [0.1, 0.15) is 6.04 Å². The summed E-state index contributed by atoms with van der Waals surface area (Å²) in [7, 11) is 0. The largest absolute Gasteiger partial charge is 0.481 e.